The number of nitrogens with one attached hydrogen (secondary N) is 2. The fourth-order valence-corrected chi connectivity index (χ4v) is 4.53. The van der Waals surface area contributed by atoms with Gasteiger partial charge in [0.25, 0.3) is 0 Å². The third-order valence-corrected chi connectivity index (χ3v) is 5.39. The minimum Gasteiger partial charge on any atom is -0.494 e. The highest BCUT2D eigenvalue weighted by molar-refractivity contribution is 5.89. The molecule has 2 fully saturated rings. The molecule has 0 saturated carbocycles. The van der Waals surface area contributed by atoms with Crippen LogP contribution in [-0.2, 0) is 0 Å². The Morgan fingerprint density at radius 2 is 1.84 bits per heavy atom. The number of hydrogen-bond acceptors (Lipinski definition) is 3. The number of piperidine rings is 2. The zero-order valence-corrected chi connectivity index (χ0v) is 15.6. The predicted molar refractivity (Wildman–Crippen MR) is 101 cm³/mol. The van der Waals surface area contributed by atoms with E-state index in [9.17, 15) is 4.79 Å². The van der Waals surface area contributed by atoms with Crippen LogP contribution < -0.4 is 15.4 Å². The van der Waals surface area contributed by atoms with E-state index in [2.05, 4.69) is 29.4 Å². The molecule has 0 aromatic heterocycles. The Hall–Kier alpha value is -1.75. The third-order valence-electron chi connectivity index (χ3n) is 5.39. The highest BCUT2D eigenvalue weighted by atomic mass is 16.5. The van der Waals surface area contributed by atoms with Gasteiger partial charge in [-0.25, -0.2) is 4.79 Å². The molecule has 2 N–H and O–H groups in total. The fourth-order valence-electron chi connectivity index (χ4n) is 4.53. The molecular weight excluding hydrogens is 314 g/mol. The number of anilines is 1. The summed E-state index contributed by atoms with van der Waals surface area (Å²) in [5.41, 5.74) is 0.792. The van der Waals surface area contributed by atoms with E-state index in [0.29, 0.717) is 24.7 Å². The van der Waals surface area contributed by atoms with E-state index in [4.69, 9.17) is 4.74 Å². The zero-order chi connectivity index (χ0) is 17.8. The summed E-state index contributed by atoms with van der Waals surface area (Å²) in [6.45, 7) is 7.18. The minimum absolute atomic E-state index is 0.106. The summed E-state index contributed by atoms with van der Waals surface area (Å²) in [6.07, 6.45) is 5.96. The quantitative estimate of drug-likeness (QED) is 0.848. The Morgan fingerprint density at radius 1 is 1.20 bits per heavy atom. The van der Waals surface area contributed by atoms with E-state index in [1.807, 2.05) is 31.2 Å². The number of fused-ring (bicyclic) bond motifs is 2. The maximum atomic E-state index is 12.4. The number of urea groups is 1. The molecule has 2 saturated heterocycles. The molecule has 2 heterocycles. The van der Waals surface area contributed by atoms with Crippen LogP contribution in [0.2, 0.25) is 0 Å². The van der Waals surface area contributed by atoms with E-state index < -0.39 is 0 Å². The molecule has 3 atom stereocenters. The summed E-state index contributed by atoms with van der Waals surface area (Å²) in [7, 11) is 0. The van der Waals surface area contributed by atoms with Crippen LogP contribution in [0.25, 0.3) is 0 Å². The average Bonchev–Trinajstić information content (AvgIpc) is 2.56. The summed E-state index contributed by atoms with van der Waals surface area (Å²) in [5, 5.41) is 6.13. The lowest BCUT2D eigenvalue weighted by Crippen LogP contribution is -2.59. The molecule has 25 heavy (non-hydrogen) atoms. The second-order valence-electron chi connectivity index (χ2n) is 7.50. The second kappa shape index (κ2) is 8.09. The third kappa shape index (κ3) is 4.46. The Morgan fingerprint density at radius 3 is 2.40 bits per heavy atom. The van der Waals surface area contributed by atoms with Crippen molar-refractivity contribution in [2.24, 2.45) is 0 Å². The van der Waals surface area contributed by atoms with Crippen LogP contribution in [0.4, 0.5) is 10.5 Å². The first-order valence-corrected chi connectivity index (χ1v) is 9.64. The van der Waals surface area contributed by atoms with Gasteiger partial charge in [0.15, 0.2) is 0 Å². The molecule has 1 aromatic carbocycles. The maximum absolute atomic E-state index is 12.4. The van der Waals surface area contributed by atoms with Crippen molar-refractivity contribution >= 4 is 11.7 Å². The average molecular weight is 345 g/mol. The van der Waals surface area contributed by atoms with Gasteiger partial charge < -0.3 is 15.4 Å². The van der Waals surface area contributed by atoms with Crippen molar-refractivity contribution in [2.75, 3.05) is 11.9 Å². The Kier molecular flexibility index (Phi) is 5.84. The number of carbonyl (C=O) groups is 1. The summed E-state index contributed by atoms with van der Waals surface area (Å²) in [6, 6.07) is 9.50. The molecule has 138 valence electrons. The second-order valence-corrected chi connectivity index (χ2v) is 7.50. The van der Waals surface area contributed by atoms with Crippen molar-refractivity contribution in [3.8, 4) is 5.75 Å². The van der Waals surface area contributed by atoms with E-state index in [0.717, 1.165) is 24.3 Å². The molecule has 1 unspecified atom stereocenters. The summed E-state index contributed by atoms with van der Waals surface area (Å²) in [4.78, 5) is 15.0. The SMILES string of the molecule is CCOc1ccc(NC(=O)NC2C[C@H]3CCC[C@@H](C2)N3C(C)C)cc1. The van der Waals surface area contributed by atoms with E-state index >= 15 is 0 Å². The van der Waals surface area contributed by atoms with Gasteiger partial charge in [0.2, 0.25) is 0 Å². The van der Waals surface area contributed by atoms with Crippen molar-refractivity contribution in [3.05, 3.63) is 24.3 Å². The molecule has 1 aromatic rings. The molecule has 2 bridgehead atoms. The molecule has 5 nitrogen and oxygen atoms in total. The molecule has 3 rings (SSSR count). The molecule has 2 aliphatic heterocycles. The maximum Gasteiger partial charge on any atom is 0.319 e. The lowest BCUT2D eigenvalue weighted by atomic mass is 9.81. The van der Waals surface area contributed by atoms with Crippen LogP contribution in [0.5, 0.6) is 5.75 Å². The smallest absolute Gasteiger partial charge is 0.319 e. The van der Waals surface area contributed by atoms with Crippen molar-refractivity contribution < 1.29 is 9.53 Å². The molecule has 0 aliphatic carbocycles. The molecule has 2 amide bonds. The van der Waals surface area contributed by atoms with E-state index in [-0.39, 0.29) is 12.1 Å². The number of ether oxygens (including phenoxy) is 1. The van der Waals surface area contributed by atoms with Gasteiger partial charge in [0.05, 0.1) is 6.61 Å². The topological polar surface area (TPSA) is 53.6 Å². The van der Waals surface area contributed by atoms with Crippen molar-refractivity contribution in [1.29, 1.82) is 0 Å². The number of carbonyl (C=O) groups excluding carboxylic acids is 1. The van der Waals surface area contributed by atoms with Gasteiger partial charge in [-0.3, -0.25) is 4.90 Å². The predicted octanol–water partition coefficient (Wildman–Crippen LogP) is 4.00. The number of benzene rings is 1. The van der Waals surface area contributed by atoms with Gasteiger partial charge in [-0.1, -0.05) is 6.42 Å². The van der Waals surface area contributed by atoms with Crippen LogP contribution in [0.1, 0.15) is 52.9 Å². The van der Waals surface area contributed by atoms with Crippen molar-refractivity contribution in [2.45, 2.75) is 77.0 Å². The normalized spacial score (nSPS) is 26.3. The molecule has 5 heteroatoms. The standard InChI is InChI=1S/C20H31N3O2/c1-4-25-19-10-8-15(9-11-19)21-20(24)22-16-12-17-6-5-7-18(13-16)23(17)14(2)3/h8-11,14,16-18H,4-7,12-13H2,1-3H3,(H2,21,22,24)/t16?,17-,18+. The van der Waals surface area contributed by atoms with Crippen LogP contribution in [0.3, 0.4) is 0 Å². The first-order chi connectivity index (χ1) is 12.1. The summed E-state index contributed by atoms with van der Waals surface area (Å²) in [5.74, 6) is 0.822. The molecule has 0 radical (unpaired) electrons. The number of rotatable bonds is 5. The monoisotopic (exact) mass is 345 g/mol. The molecular formula is C20H31N3O2. The Labute approximate surface area is 151 Å². The van der Waals surface area contributed by atoms with Gasteiger partial charge in [-0.15, -0.1) is 0 Å². The number of amides is 2. The van der Waals surface area contributed by atoms with Crippen molar-refractivity contribution in [1.82, 2.24) is 10.2 Å². The molecule has 0 spiro atoms. The van der Waals surface area contributed by atoms with E-state index in [1.54, 1.807) is 0 Å². The lowest BCUT2D eigenvalue weighted by Gasteiger charge is -2.51. The summed E-state index contributed by atoms with van der Waals surface area (Å²) >= 11 is 0. The largest absolute Gasteiger partial charge is 0.494 e. The Bertz CT molecular complexity index is 559. The van der Waals surface area contributed by atoms with Gasteiger partial charge >= 0.3 is 6.03 Å². The first-order valence-electron chi connectivity index (χ1n) is 9.64. The van der Waals surface area contributed by atoms with Gasteiger partial charge in [0, 0.05) is 29.9 Å². The molecule has 2 aliphatic rings. The van der Waals surface area contributed by atoms with E-state index in [1.165, 1.54) is 19.3 Å². The fraction of sp³-hybridized carbons (Fsp3) is 0.650. The number of nitrogens with zero attached hydrogens (tertiary/aromatic N) is 1. The highest BCUT2D eigenvalue weighted by Gasteiger charge is 2.39. The zero-order valence-electron chi connectivity index (χ0n) is 15.6. The lowest BCUT2D eigenvalue weighted by molar-refractivity contribution is 0.00233. The van der Waals surface area contributed by atoms with Crippen LogP contribution >= 0.6 is 0 Å². The van der Waals surface area contributed by atoms with Gasteiger partial charge in [-0.05, 0) is 70.7 Å². The van der Waals surface area contributed by atoms with Gasteiger partial charge in [-0.2, -0.15) is 0 Å². The van der Waals surface area contributed by atoms with Crippen LogP contribution in [0.15, 0.2) is 24.3 Å². The van der Waals surface area contributed by atoms with Crippen LogP contribution in [0, 0.1) is 0 Å². The Balaban J connectivity index is 1.53. The van der Waals surface area contributed by atoms with Gasteiger partial charge in [0.1, 0.15) is 5.75 Å². The number of hydrogen-bond donors (Lipinski definition) is 2. The summed E-state index contributed by atoms with van der Waals surface area (Å²) < 4.78 is 5.43. The van der Waals surface area contributed by atoms with Crippen molar-refractivity contribution in [3.63, 3.8) is 0 Å². The van der Waals surface area contributed by atoms with Crippen LogP contribution in [-0.4, -0.2) is 41.7 Å². The highest BCUT2D eigenvalue weighted by Crippen LogP contribution is 2.35. The first kappa shape index (κ1) is 18.1. The minimum atomic E-state index is -0.106.